The Morgan fingerprint density at radius 3 is 2.77 bits per heavy atom. The number of nitrogens with zero attached hydrogens (tertiary/aromatic N) is 1. The highest BCUT2D eigenvalue weighted by Crippen LogP contribution is 2.42. The minimum Gasteiger partial charge on any atom is -0.192 e. The molecular weight excluding hydrogens is 158 g/mol. The van der Waals surface area contributed by atoms with E-state index in [0.29, 0.717) is 5.92 Å². The van der Waals surface area contributed by atoms with Crippen molar-refractivity contribution in [3.63, 3.8) is 0 Å². The van der Waals surface area contributed by atoms with Gasteiger partial charge in [0.2, 0.25) is 0 Å². The first kappa shape index (κ1) is 8.31. The third kappa shape index (κ3) is 1.45. The Labute approximate surface area is 79.0 Å². The maximum atomic E-state index is 9.06. The second kappa shape index (κ2) is 3.22. The average molecular weight is 171 g/mol. The summed E-state index contributed by atoms with van der Waals surface area (Å²) in [7, 11) is 0. The van der Waals surface area contributed by atoms with E-state index in [2.05, 4.69) is 31.2 Å². The van der Waals surface area contributed by atoms with Gasteiger partial charge in [0.1, 0.15) is 0 Å². The molecule has 13 heavy (non-hydrogen) atoms. The molecule has 1 nitrogen and oxygen atoms in total. The molecule has 0 aromatic heterocycles. The molecule has 1 aliphatic carbocycles. The van der Waals surface area contributed by atoms with Gasteiger partial charge in [-0.15, -0.1) is 0 Å². The molecule has 0 unspecified atom stereocenters. The first-order chi connectivity index (χ1) is 6.36. The molecule has 0 spiro atoms. The largest absolute Gasteiger partial charge is 0.192 e. The van der Waals surface area contributed by atoms with Gasteiger partial charge < -0.3 is 0 Å². The van der Waals surface area contributed by atoms with Crippen molar-refractivity contribution in [2.75, 3.05) is 0 Å². The molecule has 0 aliphatic heterocycles. The Hall–Kier alpha value is -1.29. The Morgan fingerprint density at radius 1 is 1.46 bits per heavy atom. The summed E-state index contributed by atoms with van der Waals surface area (Å²) in [6.07, 6.45) is 3.49. The quantitative estimate of drug-likeness (QED) is 0.671. The molecule has 1 aromatic carbocycles. The van der Waals surface area contributed by atoms with E-state index in [1.807, 2.05) is 0 Å². The van der Waals surface area contributed by atoms with Crippen molar-refractivity contribution in [3.05, 3.63) is 34.9 Å². The summed E-state index contributed by atoms with van der Waals surface area (Å²) in [5.74, 6) is 0.682. The molecule has 1 fully saturated rings. The molecular formula is C12H13N. The molecule has 2 rings (SSSR count). The molecule has 1 aliphatic rings. The molecule has 0 atom stereocenters. The van der Waals surface area contributed by atoms with Crippen LogP contribution >= 0.6 is 0 Å². The van der Waals surface area contributed by atoms with Crippen LogP contribution in [0.3, 0.4) is 0 Å². The lowest BCUT2D eigenvalue weighted by Gasteiger charge is -2.05. The topological polar surface area (TPSA) is 23.8 Å². The van der Waals surface area contributed by atoms with Crippen LogP contribution in [0.5, 0.6) is 0 Å². The smallest absolute Gasteiger partial charge is 0.0997 e. The third-order valence-corrected chi connectivity index (χ3v) is 2.69. The van der Waals surface area contributed by atoms with Gasteiger partial charge in [0.25, 0.3) is 0 Å². The zero-order valence-corrected chi connectivity index (χ0v) is 7.88. The molecule has 1 heteroatoms. The number of hydrogen-bond donors (Lipinski definition) is 0. The highest BCUT2D eigenvalue weighted by molar-refractivity contribution is 5.47. The van der Waals surface area contributed by atoms with Crippen LogP contribution in [0.2, 0.25) is 0 Å². The zero-order chi connectivity index (χ0) is 9.26. The molecule has 0 heterocycles. The highest BCUT2D eigenvalue weighted by atomic mass is 14.3. The van der Waals surface area contributed by atoms with Crippen molar-refractivity contribution < 1.29 is 0 Å². The summed E-state index contributed by atoms with van der Waals surface area (Å²) in [5.41, 5.74) is 3.42. The summed E-state index contributed by atoms with van der Waals surface area (Å²) in [5, 5.41) is 9.06. The summed E-state index contributed by atoms with van der Waals surface area (Å²) in [4.78, 5) is 0. The number of hydrogen-bond acceptors (Lipinski definition) is 1. The van der Waals surface area contributed by atoms with Gasteiger partial charge >= 0.3 is 0 Å². The van der Waals surface area contributed by atoms with Gasteiger partial charge in [-0.3, -0.25) is 0 Å². The van der Waals surface area contributed by atoms with E-state index in [1.54, 1.807) is 0 Å². The van der Waals surface area contributed by atoms with Crippen LogP contribution in [0.25, 0.3) is 0 Å². The van der Waals surface area contributed by atoms with Gasteiger partial charge in [0, 0.05) is 0 Å². The third-order valence-electron chi connectivity index (χ3n) is 2.69. The van der Waals surface area contributed by atoms with Crippen molar-refractivity contribution in [2.24, 2.45) is 0 Å². The van der Waals surface area contributed by atoms with Crippen LogP contribution in [-0.2, 0) is 6.42 Å². The predicted octanol–water partition coefficient (Wildman–Crippen LogP) is 3.00. The molecule has 0 saturated heterocycles. The Balaban J connectivity index is 2.49. The van der Waals surface area contributed by atoms with Gasteiger partial charge in [-0.1, -0.05) is 25.1 Å². The number of rotatable bonds is 2. The van der Waals surface area contributed by atoms with Gasteiger partial charge in [0.15, 0.2) is 0 Å². The number of benzene rings is 1. The van der Waals surface area contributed by atoms with Crippen LogP contribution in [0, 0.1) is 11.3 Å². The molecule has 66 valence electrons. The zero-order valence-electron chi connectivity index (χ0n) is 7.88. The van der Waals surface area contributed by atoms with Crippen LogP contribution in [0.4, 0.5) is 0 Å². The molecule has 0 bridgehead atoms. The van der Waals surface area contributed by atoms with Crippen molar-refractivity contribution >= 4 is 0 Å². The molecule has 1 saturated carbocycles. The van der Waals surface area contributed by atoms with E-state index in [9.17, 15) is 0 Å². The number of aryl methyl sites for hydroxylation is 1. The van der Waals surface area contributed by atoms with Gasteiger partial charge in [-0.05, 0) is 36.3 Å². The van der Waals surface area contributed by atoms with E-state index in [4.69, 9.17) is 5.26 Å². The average Bonchev–Trinajstić information content (AvgIpc) is 2.99. The maximum Gasteiger partial charge on any atom is 0.0997 e. The highest BCUT2D eigenvalue weighted by Gasteiger charge is 2.26. The van der Waals surface area contributed by atoms with E-state index in [-0.39, 0.29) is 0 Å². The van der Waals surface area contributed by atoms with Crippen molar-refractivity contribution in [3.8, 4) is 6.07 Å². The van der Waals surface area contributed by atoms with E-state index in [0.717, 1.165) is 12.0 Å². The monoisotopic (exact) mass is 171 g/mol. The Morgan fingerprint density at radius 2 is 2.23 bits per heavy atom. The first-order valence-electron chi connectivity index (χ1n) is 4.88. The van der Waals surface area contributed by atoms with E-state index >= 15 is 0 Å². The standard InChI is InChI=1S/C12H13N/c1-2-9-4-3-5-11(10-6-7-10)12(9)8-13/h3-5,10H,2,6-7H2,1H3. The fourth-order valence-corrected chi connectivity index (χ4v) is 1.79. The first-order valence-corrected chi connectivity index (χ1v) is 4.88. The fourth-order valence-electron chi connectivity index (χ4n) is 1.79. The molecule has 0 radical (unpaired) electrons. The van der Waals surface area contributed by atoms with Gasteiger partial charge in [-0.25, -0.2) is 0 Å². The summed E-state index contributed by atoms with van der Waals surface area (Å²) in [6.45, 7) is 2.10. The van der Waals surface area contributed by atoms with Crippen LogP contribution in [0.15, 0.2) is 18.2 Å². The molecule has 0 N–H and O–H groups in total. The minimum atomic E-state index is 0.682. The lowest BCUT2D eigenvalue weighted by molar-refractivity contribution is 1.06. The predicted molar refractivity (Wildman–Crippen MR) is 52.5 cm³/mol. The van der Waals surface area contributed by atoms with Gasteiger partial charge in [0.05, 0.1) is 11.6 Å². The molecule has 1 aromatic rings. The Kier molecular flexibility index (Phi) is 2.06. The SMILES string of the molecule is CCc1cccc(C2CC2)c1C#N. The lowest BCUT2D eigenvalue weighted by Crippen LogP contribution is -1.93. The Bertz CT molecular complexity index is 356. The molecule has 0 amide bonds. The number of nitriles is 1. The maximum absolute atomic E-state index is 9.06. The van der Waals surface area contributed by atoms with E-state index in [1.165, 1.54) is 24.0 Å². The second-order valence-corrected chi connectivity index (χ2v) is 3.62. The van der Waals surface area contributed by atoms with Crippen LogP contribution < -0.4 is 0 Å². The summed E-state index contributed by atoms with van der Waals surface area (Å²) < 4.78 is 0. The second-order valence-electron chi connectivity index (χ2n) is 3.62. The summed E-state index contributed by atoms with van der Waals surface area (Å²) >= 11 is 0. The van der Waals surface area contributed by atoms with Crippen molar-refractivity contribution in [1.29, 1.82) is 5.26 Å². The van der Waals surface area contributed by atoms with Crippen LogP contribution in [0.1, 0.15) is 42.4 Å². The van der Waals surface area contributed by atoms with Crippen molar-refractivity contribution in [1.82, 2.24) is 0 Å². The van der Waals surface area contributed by atoms with E-state index < -0.39 is 0 Å². The lowest BCUT2D eigenvalue weighted by atomic mass is 9.97. The van der Waals surface area contributed by atoms with Gasteiger partial charge in [-0.2, -0.15) is 5.26 Å². The summed E-state index contributed by atoms with van der Waals surface area (Å²) in [6, 6.07) is 8.58. The normalized spacial score (nSPS) is 15.4. The fraction of sp³-hybridized carbons (Fsp3) is 0.417. The van der Waals surface area contributed by atoms with Crippen molar-refractivity contribution in [2.45, 2.75) is 32.1 Å². The minimum absolute atomic E-state index is 0.682. The van der Waals surface area contributed by atoms with Crippen LogP contribution in [-0.4, -0.2) is 0 Å².